The first-order chi connectivity index (χ1) is 6.20. The van der Waals surface area contributed by atoms with Crippen LogP contribution in [0.4, 0.5) is 11.4 Å². The quantitative estimate of drug-likeness (QED) is 0.419. The highest BCUT2D eigenvalue weighted by molar-refractivity contribution is 7.13. The highest BCUT2D eigenvalue weighted by Crippen LogP contribution is 2.30. The molecule has 2 N–H and O–H groups in total. The molecule has 0 saturated heterocycles. The summed E-state index contributed by atoms with van der Waals surface area (Å²) in [6.07, 6.45) is 0. The maximum absolute atomic E-state index is 10.6. The number of hydrogen-bond donors (Lipinski definition) is 1. The second kappa shape index (κ2) is 2.63. The average molecular weight is 196 g/mol. The molecule has 13 heavy (non-hydrogen) atoms. The van der Waals surface area contributed by atoms with Gasteiger partial charge in [0, 0.05) is 0 Å². The summed E-state index contributed by atoms with van der Waals surface area (Å²) in [7, 11) is 0. The molecule has 0 spiro atoms. The number of anilines is 1. The van der Waals surface area contributed by atoms with Crippen molar-refractivity contribution in [3.63, 3.8) is 0 Å². The molecule has 2 rings (SSSR count). The minimum atomic E-state index is -0.543. The Labute approximate surface area is 76.3 Å². The summed E-state index contributed by atoms with van der Waals surface area (Å²) in [6, 6.07) is 3.16. The Morgan fingerprint density at radius 2 is 2.31 bits per heavy atom. The van der Waals surface area contributed by atoms with Gasteiger partial charge in [-0.2, -0.15) is 0 Å². The van der Waals surface area contributed by atoms with Crippen molar-refractivity contribution in [2.24, 2.45) is 0 Å². The Bertz CT molecular complexity index is 480. The van der Waals surface area contributed by atoms with E-state index in [-0.39, 0.29) is 16.9 Å². The predicted molar refractivity (Wildman–Crippen MR) is 48.5 cm³/mol. The number of rotatable bonds is 1. The van der Waals surface area contributed by atoms with Gasteiger partial charge in [0.05, 0.1) is 9.62 Å². The summed E-state index contributed by atoms with van der Waals surface area (Å²) in [4.78, 5) is 10.1. The van der Waals surface area contributed by atoms with E-state index in [9.17, 15) is 10.1 Å². The van der Waals surface area contributed by atoms with Gasteiger partial charge in [0.15, 0.2) is 5.52 Å². The third-order valence-corrected chi connectivity index (χ3v) is 2.30. The second-order valence-corrected chi connectivity index (χ2v) is 3.17. The molecule has 0 saturated carbocycles. The first-order valence-corrected chi connectivity index (χ1v) is 4.12. The molecule has 0 unspecified atom stereocenters. The van der Waals surface area contributed by atoms with Gasteiger partial charge in [-0.15, -0.1) is 5.10 Å². The molecule has 7 heteroatoms. The van der Waals surface area contributed by atoms with E-state index in [2.05, 4.69) is 9.59 Å². The number of benzene rings is 1. The van der Waals surface area contributed by atoms with Gasteiger partial charge >= 0.3 is 5.69 Å². The normalized spacial score (nSPS) is 10.5. The van der Waals surface area contributed by atoms with Gasteiger partial charge in [-0.05, 0) is 23.7 Å². The van der Waals surface area contributed by atoms with Gasteiger partial charge in [0.25, 0.3) is 0 Å². The Balaban J connectivity index is 2.88. The zero-order valence-corrected chi connectivity index (χ0v) is 7.11. The Hall–Kier alpha value is -1.76. The van der Waals surface area contributed by atoms with E-state index in [0.717, 1.165) is 11.5 Å². The molecule has 0 aliphatic carbocycles. The van der Waals surface area contributed by atoms with E-state index < -0.39 is 4.92 Å². The van der Waals surface area contributed by atoms with Crippen molar-refractivity contribution in [1.29, 1.82) is 0 Å². The topological polar surface area (TPSA) is 94.9 Å². The van der Waals surface area contributed by atoms with Crippen LogP contribution in [-0.4, -0.2) is 14.5 Å². The van der Waals surface area contributed by atoms with Crippen LogP contribution in [0, 0.1) is 10.1 Å². The summed E-state index contributed by atoms with van der Waals surface area (Å²) >= 11 is 1.11. The number of aromatic nitrogens is 2. The van der Waals surface area contributed by atoms with E-state index in [0.29, 0.717) is 4.70 Å². The van der Waals surface area contributed by atoms with Crippen LogP contribution in [0.1, 0.15) is 0 Å². The lowest BCUT2D eigenvalue weighted by molar-refractivity contribution is -0.382. The first kappa shape index (κ1) is 7.87. The van der Waals surface area contributed by atoms with Crippen molar-refractivity contribution in [3.8, 4) is 0 Å². The molecule has 1 aromatic carbocycles. The summed E-state index contributed by atoms with van der Waals surface area (Å²) in [5, 5.41) is 14.2. The molecule has 6 nitrogen and oxygen atoms in total. The minimum absolute atomic E-state index is 0.116. The molecule has 0 fully saturated rings. The molecule has 0 aliphatic heterocycles. The van der Waals surface area contributed by atoms with Gasteiger partial charge in [0.1, 0.15) is 5.69 Å². The maximum Gasteiger partial charge on any atom is 0.320 e. The molecule has 1 heterocycles. The molecular formula is C6H4N4O2S. The van der Waals surface area contributed by atoms with E-state index in [1.807, 2.05) is 0 Å². The molecule has 0 atom stereocenters. The van der Waals surface area contributed by atoms with Crippen molar-refractivity contribution in [3.05, 3.63) is 22.2 Å². The van der Waals surface area contributed by atoms with Crippen molar-refractivity contribution < 1.29 is 4.92 Å². The molecule has 0 radical (unpaired) electrons. The van der Waals surface area contributed by atoms with E-state index in [4.69, 9.17) is 5.73 Å². The summed E-state index contributed by atoms with van der Waals surface area (Å²) in [5.41, 5.74) is 5.66. The largest absolute Gasteiger partial charge is 0.393 e. The maximum atomic E-state index is 10.6. The molecule has 66 valence electrons. The summed E-state index contributed by atoms with van der Waals surface area (Å²) in [6.45, 7) is 0. The number of nitrogens with zero attached hydrogens (tertiary/aromatic N) is 3. The smallest absolute Gasteiger partial charge is 0.320 e. The van der Waals surface area contributed by atoms with Crippen LogP contribution in [0.5, 0.6) is 0 Å². The zero-order chi connectivity index (χ0) is 9.42. The predicted octanol–water partition coefficient (Wildman–Crippen LogP) is 1.18. The van der Waals surface area contributed by atoms with Crippen LogP contribution in [0.25, 0.3) is 10.2 Å². The number of nitro groups is 1. The van der Waals surface area contributed by atoms with E-state index in [1.165, 1.54) is 6.07 Å². The van der Waals surface area contributed by atoms with Crippen LogP contribution >= 0.6 is 11.5 Å². The molecule has 0 aliphatic rings. The third kappa shape index (κ3) is 1.09. The fourth-order valence-corrected chi connectivity index (χ4v) is 1.61. The number of fused-ring (bicyclic) bond motifs is 1. The standard InChI is InChI=1S/C6H4N4O2S/c7-3-1-2-4-5(8-9-13-4)6(3)10(11)12/h1-2H,7H2. The molecule has 1 aromatic heterocycles. The van der Waals surface area contributed by atoms with Crippen LogP contribution in [-0.2, 0) is 0 Å². The van der Waals surface area contributed by atoms with Gasteiger partial charge in [-0.25, -0.2) is 0 Å². The fraction of sp³-hybridized carbons (Fsp3) is 0. The lowest BCUT2D eigenvalue weighted by Gasteiger charge is -1.95. The SMILES string of the molecule is Nc1ccc2snnc2c1[N+](=O)[O-]. The minimum Gasteiger partial charge on any atom is -0.393 e. The van der Waals surface area contributed by atoms with Gasteiger partial charge < -0.3 is 5.73 Å². The molecular weight excluding hydrogens is 192 g/mol. The van der Waals surface area contributed by atoms with Crippen LogP contribution < -0.4 is 5.73 Å². The highest BCUT2D eigenvalue weighted by atomic mass is 32.1. The van der Waals surface area contributed by atoms with Crippen LogP contribution in [0.2, 0.25) is 0 Å². The summed E-state index contributed by atoms with van der Waals surface area (Å²) in [5.74, 6) is 0. The van der Waals surface area contributed by atoms with Crippen molar-refractivity contribution in [2.75, 3.05) is 5.73 Å². The first-order valence-electron chi connectivity index (χ1n) is 3.35. The number of nitrogen functional groups attached to an aromatic ring is 1. The Kier molecular flexibility index (Phi) is 1.59. The second-order valence-electron chi connectivity index (χ2n) is 2.38. The van der Waals surface area contributed by atoms with Crippen molar-refractivity contribution in [2.45, 2.75) is 0 Å². The number of hydrogen-bond acceptors (Lipinski definition) is 6. The van der Waals surface area contributed by atoms with Crippen molar-refractivity contribution >= 4 is 33.1 Å². The number of nitrogens with two attached hydrogens (primary N) is 1. The van der Waals surface area contributed by atoms with Gasteiger partial charge in [-0.3, -0.25) is 10.1 Å². The highest BCUT2D eigenvalue weighted by Gasteiger charge is 2.18. The lowest BCUT2D eigenvalue weighted by atomic mass is 10.2. The van der Waals surface area contributed by atoms with E-state index >= 15 is 0 Å². The summed E-state index contributed by atoms with van der Waals surface area (Å²) < 4.78 is 4.28. The number of nitro benzene ring substituents is 1. The Morgan fingerprint density at radius 1 is 1.54 bits per heavy atom. The van der Waals surface area contributed by atoms with Gasteiger partial charge in [0.2, 0.25) is 0 Å². The third-order valence-electron chi connectivity index (χ3n) is 1.61. The van der Waals surface area contributed by atoms with Crippen LogP contribution in [0.3, 0.4) is 0 Å². The lowest BCUT2D eigenvalue weighted by Crippen LogP contribution is -1.96. The fourth-order valence-electron chi connectivity index (χ4n) is 1.04. The molecule has 2 aromatic rings. The molecule has 0 amide bonds. The average Bonchev–Trinajstić information content (AvgIpc) is 2.50. The Morgan fingerprint density at radius 3 is 3.00 bits per heavy atom. The monoisotopic (exact) mass is 196 g/mol. The zero-order valence-electron chi connectivity index (χ0n) is 6.30. The van der Waals surface area contributed by atoms with E-state index in [1.54, 1.807) is 6.07 Å². The van der Waals surface area contributed by atoms with Gasteiger partial charge in [-0.1, -0.05) is 4.49 Å². The van der Waals surface area contributed by atoms with Crippen LogP contribution in [0.15, 0.2) is 12.1 Å². The van der Waals surface area contributed by atoms with Crippen molar-refractivity contribution in [1.82, 2.24) is 9.59 Å². The molecule has 0 bridgehead atoms.